The summed E-state index contributed by atoms with van der Waals surface area (Å²) in [6, 6.07) is 16.1. The van der Waals surface area contributed by atoms with E-state index in [0.29, 0.717) is 23.6 Å². The number of aromatic nitrogens is 4. The van der Waals surface area contributed by atoms with Crippen molar-refractivity contribution in [1.29, 1.82) is 0 Å². The predicted octanol–water partition coefficient (Wildman–Crippen LogP) is 2.64. The molecule has 0 aliphatic rings. The molecule has 4 rings (SSSR count). The van der Waals surface area contributed by atoms with Crippen molar-refractivity contribution >= 4 is 11.6 Å². The van der Waals surface area contributed by atoms with Crippen molar-refractivity contribution in [2.75, 3.05) is 6.61 Å². The van der Waals surface area contributed by atoms with E-state index in [4.69, 9.17) is 9.47 Å². The first-order valence-electron chi connectivity index (χ1n) is 9.46. The van der Waals surface area contributed by atoms with Crippen LogP contribution in [-0.2, 0) is 17.9 Å². The van der Waals surface area contributed by atoms with Crippen LogP contribution in [0.25, 0.3) is 5.65 Å². The number of pyridine rings is 2. The highest BCUT2D eigenvalue weighted by atomic mass is 16.5. The van der Waals surface area contributed by atoms with Crippen LogP contribution < -0.4 is 10.4 Å². The molecule has 0 saturated heterocycles. The molecule has 3 aromatic heterocycles. The molecular formula is C22H20N4O4. The van der Waals surface area contributed by atoms with Crippen LogP contribution in [0.5, 0.6) is 5.75 Å². The van der Waals surface area contributed by atoms with Gasteiger partial charge in [0.25, 0.3) is 0 Å². The number of aryl methyl sites for hydroxylation is 1. The Labute approximate surface area is 172 Å². The summed E-state index contributed by atoms with van der Waals surface area (Å²) in [6.45, 7) is 2.43. The molecule has 8 heteroatoms. The molecule has 0 aliphatic carbocycles. The molecule has 30 heavy (non-hydrogen) atoms. The lowest BCUT2D eigenvalue weighted by atomic mass is 10.1. The Morgan fingerprint density at radius 1 is 1.10 bits per heavy atom. The molecule has 8 nitrogen and oxygen atoms in total. The Bertz CT molecular complexity index is 1230. The Kier molecular flexibility index (Phi) is 5.56. The third-order valence-corrected chi connectivity index (χ3v) is 4.48. The fourth-order valence-electron chi connectivity index (χ4n) is 2.92. The van der Waals surface area contributed by atoms with Crippen molar-refractivity contribution in [3.05, 3.63) is 94.3 Å². The van der Waals surface area contributed by atoms with Crippen LogP contribution in [0.1, 0.15) is 21.6 Å². The second-order valence-corrected chi connectivity index (χ2v) is 6.69. The van der Waals surface area contributed by atoms with Gasteiger partial charge in [-0.15, -0.1) is 5.10 Å². The molecule has 0 N–H and O–H groups in total. The number of ether oxygens (including phenoxy) is 2. The van der Waals surface area contributed by atoms with E-state index in [9.17, 15) is 9.59 Å². The first-order valence-corrected chi connectivity index (χ1v) is 9.46. The van der Waals surface area contributed by atoms with E-state index in [1.54, 1.807) is 48.8 Å². The molecule has 0 atom stereocenters. The Balaban J connectivity index is 1.34. The van der Waals surface area contributed by atoms with Gasteiger partial charge < -0.3 is 9.47 Å². The van der Waals surface area contributed by atoms with Gasteiger partial charge in [-0.2, -0.15) is 0 Å². The lowest BCUT2D eigenvalue weighted by Gasteiger charge is -2.08. The van der Waals surface area contributed by atoms with Gasteiger partial charge in [-0.3, -0.25) is 9.38 Å². The number of nitrogens with zero attached hydrogens (tertiary/aromatic N) is 4. The quantitative estimate of drug-likeness (QED) is 0.440. The maximum atomic E-state index is 12.4. The predicted molar refractivity (Wildman–Crippen MR) is 109 cm³/mol. The van der Waals surface area contributed by atoms with E-state index in [1.165, 1.54) is 9.08 Å². The molecular weight excluding hydrogens is 384 g/mol. The first-order chi connectivity index (χ1) is 14.6. The molecule has 0 radical (unpaired) electrons. The molecule has 1 aromatic carbocycles. The minimum absolute atomic E-state index is 0.0401. The highest BCUT2D eigenvalue weighted by molar-refractivity contribution is 5.89. The number of esters is 1. The molecule has 0 bridgehead atoms. The molecule has 0 amide bonds. The van der Waals surface area contributed by atoms with E-state index >= 15 is 0 Å². The van der Waals surface area contributed by atoms with Gasteiger partial charge in [-0.05, 0) is 48.9 Å². The fraction of sp³-hybridized carbons (Fsp3) is 0.182. The summed E-state index contributed by atoms with van der Waals surface area (Å²) in [7, 11) is 0. The smallest absolute Gasteiger partial charge is 0.350 e. The maximum absolute atomic E-state index is 12.4. The topological polar surface area (TPSA) is 87.7 Å². The van der Waals surface area contributed by atoms with Crippen LogP contribution in [0.3, 0.4) is 0 Å². The summed E-state index contributed by atoms with van der Waals surface area (Å²) in [4.78, 5) is 28.8. The molecule has 3 heterocycles. The summed E-state index contributed by atoms with van der Waals surface area (Å²) in [5.74, 6) is 0.192. The Morgan fingerprint density at radius 2 is 2.00 bits per heavy atom. The third kappa shape index (κ3) is 4.38. The van der Waals surface area contributed by atoms with Crippen molar-refractivity contribution in [3.63, 3.8) is 0 Å². The van der Waals surface area contributed by atoms with Crippen LogP contribution in [0.4, 0.5) is 0 Å². The monoisotopic (exact) mass is 404 g/mol. The zero-order valence-corrected chi connectivity index (χ0v) is 16.4. The normalized spacial score (nSPS) is 10.8. The summed E-state index contributed by atoms with van der Waals surface area (Å²) in [5, 5.41) is 4.21. The molecule has 0 fully saturated rings. The number of carbonyl (C=O) groups is 1. The zero-order chi connectivity index (χ0) is 20.9. The van der Waals surface area contributed by atoms with Gasteiger partial charge in [0.15, 0.2) is 5.65 Å². The van der Waals surface area contributed by atoms with Gasteiger partial charge in [0, 0.05) is 11.9 Å². The first kappa shape index (κ1) is 19.4. The van der Waals surface area contributed by atoms with Crippen LogP contribution in [0.15, 0.2) is 71.8 Å². The molecule has 0 unspecified atom stereocenters. The van der Waals surface area contributed by atoms with Crippen LogP contribution in [0, 0.1) is 6.92 Å². The fourth-order valence-corrected chi connectivity index (χ4v) is 2.92. The Hall–Kier alpha value is -3.94. The SMILES string of the molecule is Cc1ccc(OCc2cccc(C(=O)OCCn3nc4ccccn4c3=O)c2)cn1. The Morgan fingerprint density at radius 3 is 2.80 bits per heavy atom. The van der Waals surface area contributed by atoms with Crippen LogP contribution in [0.2, 0.25) is 0 Å². The number of benzene rings is 1. The van der Waals surface area contributed by atoms with E-state index in [2.05, 4.69) is 10.1 Å². The van der Waals surface area contributed by atoms with Crippen molar-refractivity contribution in [2.24, 2.45) is 0 Å². The number of fused-ring (bicyclic) bond motifs is 1. The average Bonchev–Trinajstić information content (AvgIpc) is 3.09. The molecule has 0 spiro atoms. The van der Waals surface area contributed by atoms with Gasteiger partial charge in [0.1, 0.15) is 19.0 Å². The van der Waals surface area contributed by atoms with E-state index < -0.39 is 5.97 Å². The van der Waals surface area contributed by atoms with Crippen LogP contribution >= 0.6 is 0 Å². The van der Waals surface area contributed by atoms with Gasteiger partial charge in [-0.1, -0.05) is 18.2 Å². The second kappa shape index (κ2) is 8.60. The molecule has 0 aliphatic heterocycles. The van der Waals surface area contributed by atoms with Gasteiger partial charge in [-0.25, -0.2) is 14.3 Å². The average molecular weight is 404 g/mol. The highest BCUT2D eigenvalue weighted by Gasteiger charge is 2.10. The minimum Gasteiger partial charge on any atom is -0.487 e. The van der Waals surface area contributed by atoms with E-state index in [1.807, 2.05) is 25.1 Å². The number of carbonyl (C=O) groups excluding carboxylic acids is 1. The zero-order valence-electron chi connectivity index (χ0n) is 16.4. The van der Waals surface area contributed by atoms with Crippen molar-refractivity contribution in [1.82, 2.24) is 19.2 Å². The van der Waals surface area contributed by atoms with Crippen molar-refractivity contribution in [3.8, 4) is 5.75 Å². The lowest BCUT2D eigenvalue weighted by Crippen LogP contribution is -2.24. The van der Waals surface area contributed by atoms with Crippen LogP contribution in [-0.4, -0.2) is 31.7 Å². The van der Waals surface area contributed by atoms with E-state index in [-0.39, 0.29) is 18.8 Å². The number of rotatable bonds is 7. The largest absolute Gasteiger partial charge is 0.487 e. The number of hydrogen-bond acceptors (Lipinski definition) is 6. The summed E-state index contributed by atoms with van der Waals surface area (Å²) >= 11 is 0. The number of hydrogen-bond donors (Lipinski definition) is 0. The van der Waals surface area contributed by atoms with Gasteiger partial charge in [0.05, 0.1) is 18.3 Å². The molecule has 4 aromatic rings. The standard InChI is InChI=1S/C22H20N4O4/c1-16-8-9-19(14-23-16)30-15-17-5-4-6-18(13-17)21(27)29-12-11-26-22(28)25-10-3-2-7-20(25)24-26/h2-10,13-14H,11-12,15H2,1H3. The van der Waals surface area contributed by atoms with E-state index in [0.717, 1.165) is 11.3 Å². The lowest BCUT2D eigenvalue weighted by molar-refractivity contribution is 0.0486. The highest BCUT2D eigenvalue weighted by Crippen LogP contribution is 2.13. The van der Waals surface area contributed by atoms with Crippen molar-refractivity contribution < 1.29 is 14.3 Å². The molecule has 0 saturated carbocycles. The molecule has 152 valence electrons. The summed E-state index contributed by atoms with van der Waals surface area (Å²) in [6.07, 6.45) is 3.31. The van der Waals surface area contributed by atoms with Gasteiger partial charge in [0.2, 0.25) is 0 Å². The summed E-state index contributed by atoms with van der Waals surface area (Å²) in [5.41, 5.74) is 2.44. The van der Waals surface area contributed by atoms with Gasteiger partial charge >= 0.3 is 11.7 Å². The van der Waals surface area contributed by atoms with Crippen molar-refractivity contribution in [2.45, 2.75) is 20.1 Å². The second-order valence-electron chi connectivity index (χ2n) is 6.69. The minimum atomic E-state index is -0.467. The third-order valence-electron chi connectivity index (χ3n) is 4.48. The summed E-state index contributed by atoms with van der Waals surface area (Å²) < 4.78 is 13.7. The maximum Gasteiger partial charge on any atom is 0.350 e.